The van der Waals surface area contributed by atoms with Crippen molar-refractivity contribution in [1.82, 2.24) is 0 Å². The van der Waals surface area contributed by atoms with E-state index in [1.54, 1.807) is 0 Å². The number of hydrogen-bond acceptors (Lipinski definition) is 4. The van der Waals surface area contributed by atoms with Crippen LogP contribution in [0.5, 0.6) is 0 Å². The second kappa shape index (κ2) is 14.9. The van der Waals surface area contributed by atoms with E-state index in [0.717, 1.165) is 41.0 Å². The first-order valence-corrected chi connectivity index (χ1v) is 19.0. The highest BCUT2D eigenvalue weighted by atomic mass is 16.5. The predicted molar refractivity (Wildman–Crippen MR) is 222 cm³/mol. The number of hydrogen-bond donors (Lipinski definition) is 1. The largest absolute Gasteiger partial charge is 0.481 e. The van der Waals surface area contributed by atoms with Crippen molar-refractivity contribution >= 4 is 51.1 Å². The molecule has 8 rings (SSSR count). The molecule has 2 atom stereocenters. The van der Waals surface area contributed by atoms with Crippen molar-refractivity contribution < 1.29 is 24.0 Å². The van der Waals surface area contributed by atoms with Crippen molar-refractivity contribution in [3.63, 3.8) is 0 Å². The first-order chi connectivity index (χ1) is 26.8. The lowest BCUT2D eigenvalue weighted by Gasteiger charge is -2.31. The molecule has 0 saturated carbocycles. The summed E-state index contributed by atoms with van der Waals surface area (Å²) in [6.45, 7) is 6.24. The molecule has 0 saturated heterocycles. The molecule has 274 valence electrons. The Bertz CT molecular complexity index is 2500. The average Bonchev–Trinajstić information content (AvgIpc) is 3.58. The maximum Gasteiger partial charge on any atom is 0.309 e. The molecule has 2 heterocycles. The van der Waals surface area contributed by atoms with Gasteiger partial charge in [0.05, 0.1) is 12.0 Å². The smallest absolute Gasteiger partial charge is 0.309 e. The van der Waals surface area contributed by atoms with Crippen molar-refractivity contribution in [3.05, 3.63) is 180 Å². The second-order valence-electron chi connectivity index (χ2n) is 15.1. The minimum Gasteiger partial charge on any atom is -0.481 e. The number of carboxylic acid groups (broad SMARTS) is 1. The van der Waals surface area contributed by atoms with Crippen LogP contribution in [0, 0.1) is 0 Å². The molecule has 0 radical (unpaired) electrons. The number of carboxylic acids is 1. The van der Waals surface area contributed by atoms with Gasteiger partial charge in [-0.25, -0.2) is 0 Å². The molecule has 55 heavy (non-hydrogen) atoms. The molecular formula is C49H45N2O4+. The Hall–Kier alpha value is -6.27. The maximum atomic E-state index is 12.1. The number of carbonyl (C=O) groups excluding carboxylic acids is 1. The summed E-state index contributed by atoms with van der Waals surface area (Å²) in [5.41, 5.74) is 8.33. The third-order valence-corrected chi connectivity index (χ3v) is 11.6. The molecule has 0 spiro atoms. The van der Waals surface area contributed by atoms with Crippen LogP contribution in [0.25, 0.3) is 21.5 Å². The zero-order valence-electron chi connectivity index (χ0n) is 31.3. The highest BCUT2D eigenvalue weighted by Gasteiger charge is 2.49. The third kappa shape index (κ3) is 6.52. The molecule has 0 bridgehead atoms. The molecule has 1 N–H and O–H groups in total. The topological polar surface area (TPSA) is 69.8 Å². The monoisotopic (exact) mass is 725 g/mol. The summed E-state index contributed by atoms with van der Waals surface area (Å²) in [5.74, 6) is -0.828. The number of allylic oxidation sites excluding steroid dienone is 4. The summed E-state index contributed by atoms with van der Waals surface area (Å²) in [7, 11) is 0. The van der Waals surface area contributed by atoms with Crippen LogP contribution < -0.4 is 4.90 Å². The van der Waals surface area contributed by atoms with Crippen molar-refractivity contribution in [2.45, 2.75) is 43.9 Å². The number of anilines is 1. The normalized spacial score (nSPS) is 19.7. The molecule has 6 aromatic rings. The van der Waals surface area contributed by atoms with Gasteiger partial charge in [-0.1, -0.05) is 121 Å². The molecule has 6 heteroatoms. The van der Waals surface area contributed by atoms with Gasteiger partial charge in [-0.2, -0.15) is 4.58 Å². The zero-order chi connectivity index (χ0) is 38.0. The lowest BCUT2D eigenvalue weighted by molar-refractivity contribution is -0.436. The predicted octanol–water partition coefficient (Wildman–Crippen LogP) is 9.70. The molecule has 0 aromatic heterocycles. The Morgan fingerprint density at radius 2 is 1.31 bits per heavy atom. The third-order valence-electron chi connectivity index (χ3n) is 11.6. The first kappa shape index (κ1) is 35.7. The molecule has 0 aliphatic carbocycles. The van der Waals surface area contributed by atoms with Gasteiger partial charge in [0.2, 0.25) is 5.69 Å². The van der Waals surface area contributed by atoms with Crippen molar-refractivity contribution in [2.75, 3.05) is 24.6 Å². The summed E-state index contributed by atoms with van der Waals surface area (Å²) in [6.07, 6.45) is 8.10. The van der Waals surface area contributed by atoms with Crippen LogP contribution in [0.3, 0.4) is 0 Å². The fourth-order valence-electron chi connectivity index (χ4n) is 9.27. The lowest BCUT2D eigenvalue weighted by atomic mass is 9.73. The van der Waals surface area contributed by atoms with Gasteiger partial charge in [-0.3, -0.25) is 9.59 Å². The van der Waals surface area contributed by atoms with Gasteiger partial charge in [0.25, 0.3) is 6.47 Å². The van der Waals surface area contributed by atoms with E-state index in [1.165, 1.54) is 38.4 Å². The Balaban J connectivity index is 1.32. The van der Waals surface area contributed by atoms with E-state index in [0.29, 0.717) is 19.6 Å². The Morgan fingerprint density at radius 3 is 1.95 bits per heavy atom. The summed E-state index contributed by atoms with van der Waals surface area (Å²) in [6, 6.07) is 46.9. The molecule has 2 unspecified atom stereocenters. The van der Waals surface area contributed by atoms with Crippen LogP contribution in [0.2, 0.25) is 0 Å². The van der Waals surface area contributed by atoms with E-state index in [-0.39, 0.29) is 13.0 Å². The number of benzene rings is 6. The molecule has 6 aromatic carbocycles. The number of aliphatic carboxylic acids is 1. The van der Waals surface area contributed by atoms with Crippen LogP contribution in [-0.2, 0) is 38.0 Å². The lowest BCUT2D eigenvalue weighted by Crippen LogP contribution is -2.34. The average molecular weight is 726 g/mol. The van der Waals surface area contributed by atoms with Gasteiger partial charge < -0.3 is 14.7 Å². The number of carbonyl (C=O) groups is 2. The van der Waals surface area contributed by atoms with E-state index < -0.39 is 16.8 Å². The number of ether oxygens (including phenoxy) is 1. The van der Waals surface area contributed by atoms with Crippen LogP contribution in [0.4, 0.5) is 11.4 Å². The van der Waals surface area contributed by atoms with E-state index in [9.17, 15) is 14.7 Å². The fourth-order valence-corrected chi connectivity index (χ4v) is 9.27. The number of fused-ring (bicyclic) bond motifs is 6. The maximum absolute atomic E-state index is 12.1. The summed E-state index contributed by atoms with van der Waals surface area (Å²) in [4.78, 5) is 25.8. The summed E-state index contributed by atoms with van der Waals surface area (Å²) in [5, 5.41) is 14.6. The summed E-state index contributed by atoms with van der Waals surface area (Å²) < 4.78 is 7.53. The highest BCUT2D eigenvalue weighted by Crippen LogP contribution is 2.53. The molecule has 2 aliphatic heterocycles. The SMILES string of the molecule is CC1(Cc2ccccc2)C(=CC=CC2=[N+](CCC(=O)O)c3ccc4ccccc4c3C2(C)Cc2ccccc2)N(CCOC=O)c2ccc3ccccc3c21. The van der Waals surface area contributed by atoms with Gasteiger partial charge in [0.1, 0.15) is 13.0 Å². The summed E-state index contributed by atoms with van der Waals surface area (Å²) >= 11 is 0. The van der Waals surface area contributed by atoms with Gasteiger partial charge in [0.15, 0.2) is 12.3 Å². The molecule has 2 aliphatic rings. The van der Waals surface area contributed by atoms with E-state index >= 15 is 0 Å². The van der Waals surface area contributed by atoms with Gasteiger partial charge in [0, 0.05) is 34.5 Å². The van der Waals surface area contributed by atoms with Gasteiger partial charge >= 0.3 is 5.97 Å². The molecule has 0 amide bonds. The Labute approximate surface area is 322 Å². The minimum absolute atomic E-state index is 0.00809. The molecular weight excluding hydrogens is 681 g/mol. The van der Waals surface area contributed by atoms with Crippen LogP contribution in [-0.4, -0.2) is 47.5 Å². The van der Waals surface area contributed by atoms with Gasteiger partial charge in [-0.05, 0) is 83.1 Å². The van der Waals surface area contributed by atoms with Crippen LogP contribution >= 0.6 is 0 Å². The number of nitrogens with zero attached hydrogens (tertiary/aromatic N) is 2. The van der Waals surface area contributed by atoms with Crippen LogP contribution in [0.1, 0.15) is 42.5 Å². The Kier molecular flexibility index (Phi) is 9.66. The van der Waals surface area contributed by atoms with E-state index in [4.69, 9.17) is 4.74 Å². The quantitative estimate of drug-likeness (QED) is 0.0730. The standard InChI is InChI=1S/C49H44N2O4/c1-48(32-35-14-5-3-6-15-35)43(50(29-28-45(53)54)41-26-24-37-18-9-11-20-39(37)46(41)48)22-13-23-44-49(2,33-36-16-7-4-8-17-36)47-40-21-12-10-19-38(40)25-27-42(47)51(44)30-31-55-34-52/h3-27,34H,28-33H2,1-2H3/p+1. The van der Waals surface area contributed by atoms with Crippen molar-refractivity contribution in [1.29, 1.82) is 0 Å². The molecule has 0 fully saturated rings. The van der Waals surface area contributed by atoms with E-state index in [2.05, 4.69) is 169 Å². The zero-order valence-corrected chi connectivity index (χ0v) is 31.3. The fraction of sp³-hybridized carbons (Fsp3) is 0.204. The minimum atomic E-state index is -0.828. The second-order valence-corrected chi connectivity index (χ2v) is 15.1. The van der Waals surface area contributed by atoms with E-state index in [1.807, 2.05) is 6.07 Å². The van der Waals surface area contributed by atoms with Crippen LogP contribution in [0.15, 0.2) is 157 Å². The van der Waals surface area contributed by atoms with Crippen molar-refractivity contribution in [3.8, 4) is 0 Å². The number of rotatable bonds is 13. The first-order valence-electron chi connectivity index (χ1n) is 19.0. The van der Waals surface area contributed by atoms with Crippen molar-refractivity contribution in [2.24, 2.45) is 0 Å². The molecule has 6 nitrogen and oxygen atoms in total. The Morgan fingerprint density at radius 1 is 0.727 bits per heavy atom. The van der Waals surface area contributed by atoms with Gasteiger partial charge in [-0.15, -0.1) is 0 Å². The highest BCUT2D eigenvalue weighted by molar-refractivity contribution is 6.08.